The summed E-state index contributed by atoms with van der Waals surface area (Å²) in [7, 11) is 0. The van der Waals surface area contributed by atoms with Crippen LogP contribution in [0.5, 0.6) is 0 Å². The van der Waals surface area contributed by atoms with Crippen molar-refractivity contribution in [1.29, 1.82) is 0 Å². The molecule has 114 valence electrons. The molecule has 0 spiro atoms. The zero-order valence-electron chi connectivity index (χ0n) is 13.4. The number of rotatable bonds is 7. The number of thiazole rings is 1. The molecule has 3 nitrogen and oxygen atoms in total. The van der Waals surface area contributed by atoms with Crippen molar-refractivity contribution in [1.82, 2.24) is 4.98 Å². The zero-order chi connectivity index (χ0) is 15.2. The molecule has 0 radical (unpaired) electrons. The normalized spacial score (nSPS) is 12.2. The van der Waals surface area contributed by atoms with E-state index in [1.165, 1.54) is 11.3 Å². The summed E-state index contributed by atoms with van der Waals surface area (Å²) >= 11 is 1.67. The first-order valence-electron chi connectivity index (χ1n) is 7.75. The van der Waals surface area contributed by atoms with Crippen molar-refractivity contribution in [2.45, 2.75) is 40.2 Å². The zero-order valence-corrected chi connectivity index (χ0v) is 14.2. The van der Waals surface area contributed by atoms with E-state index in [1.54, 1.807) is 11.3 Å². The van der Waals surface area contributed by atoms with Gasteiger partial charge in [0, 0.05) is 35.8 Å². The van der Waals surface area contributed by atoms with Gasteiger partial charge in [-0.15, -0.1) is 11.3 Å². The predicted molar refractivity (Wildman–Crippen MR) is 94.5 cm³/mol. The molecule has 1 atom stereocenters. The van der Waals surface area contributed by atoms with Gasteiger partial charge < -0.3 is 10.2 Å². The van der Waals surface area contributed by atoms with Gasteiger partial charge >= 0.3 is 0 Å². The number of nitrogens with zero attached hydrogens (tertiary/aromatic N) is 2. The van der Waals surface area contributed by atoms with Gasteiger partial charge in [-0.05, 0) is 39.3 Å². The highest BCUT2D eigenvalue weighted by atomic mass is 32.1. The highest BCUT2D eigenvalue weighted by molar-refractivity contribution is 7.14. The Hall–Kier alpha value is -1.55. The molecule has 1 aromatic carbocycles. The highest BCUT2D eigenvalue weighted by Gasteiger charge is 2.07. The van der Waals surface area contributed by atoms with Crippen LogP contribution < -0.4 is 10.2 Å². The van der Waals surface area contributed by atoms with Crippen LogP contribution in [0.1, 0.15) is 34.1 Å². The number of hydrogen-bond donors (Lipinski definition) is 1. The molecule has 0 bridgehead atoms. The minimum Gasteiger partial charge on any atom is -0.372 e. The maximum atomic E-state index is 4.68. The van der Waals surface area contributed by atoms with Gasteiger partial charge in [0.2, 0.25) is 0 Å². The molecule has 1 unspecified atom stereocenters. The second-order valence-electron chi connectivity index (χ2n) is 5.21. The van der Waals surface area contributed by atoms with E-state index in [0.717, 1.165) is 30.3 Å². The Kier molecular flexibility index (Phi) is 5.62. The van der Waals surface area contributed by atoms with E-state index in [-0.39, 0.29) is 0 Å². The standard InChI is InChI=1S/C17H25N3S/c1-5-13(4)18-17-19-16(12-21-17)14-8-10-15(11-9-14)20(6-2)7-3/h8-13H,5-7H2,1-4H3,(H,18,19). The third-order valence-corrected chi connectivity index (χ3v) is 4.55. The van der Waals surface area contributed by atoms with Crippen LogP contribution in [-0.4, -0.2) is 24.1 Å². The second-order valence-corrected chi connectivity index (χ2v) is 6.07. The third-order valence-electron chi connectivity index (χ3n) is 3.78. The van der Waals surface area contributed by atoms with Crippen molar-refractivity contribution in [3.8, 4) is 11.3 Å². The maximum Gasteiger partial charge on any atom is 0.183 e. The van der Waals surface area contributed by atoms with Gasteiger partial charge in [0.15, 0.2) is 5.13 Å². The van der Waals surface area contributed by atoms with Crippen LogP contribution in [-0.2, 0) is 0 Å². The Balaban J connectivity index is 2.12. The maximum absolute atomic E-state index is 4.68. The molecule has 0 aliphatic carbocycles. The van der Waals surface area contributed by atoms with Crippen LogP contribution in [0, 0.1) is 0 Å². The monoisotopic (exact) mass is 303 g/mol. The largest absolute Gasteiger partial charge is 0.372 e. The highest BCUT2D eigenvalue weighted by Crippen LogP contribution is 2.27. The summed E-state index contributed by atoms with van der Waals surface area (Å²) < 4.78 is 0. The van der Waals surface area contributed by atoms with E-state index in [4.69, 9.17) is 0 Å². The molecule has 2 rings (SSSR count). The SMILES string of the molecule is CCC(C)Nc1nc(-c2ccc(N(CC)CC)cc2)cs1. The summed E-state index contributed by atoms with van der Waals surface area (Å²) in [6.07, 6.45) is 1.10. The lowest BCUT2D eigenvalue weighted by Gasteiger charge is -2.20. The summed E-state index contributed by atoms with van der Waals surface area (Å²) in [4.78, 5) is 7.03. The molecule has 21 heavy (non-hydrogen) atoms. The number of aromatic nitrogens is 1. The van der Waals surface area contributed by atoms with Gasteiger partial charge in [-0.1, -0.05) is 19.1 Å². The molecule has 0 saturated heterocycles. The molecular formula is C17H25N3S. The van der Waals surface area contributed by atoms with Crippen molar-refractivity contribution >= 4 is 22.2 Å². The topological polar surface area (TPSA) is 28.2 Å². The Morgan fingerprint density at radius 1 is 1.14 bits per heavy atom. The summed E-state index contributed by atoms with van der Waals surface area (Å²) in [5.41, 5.74) is 3.51. The first-order valence-corrected chi connectivity index (χ1v) is 8.63. The molecule has 1 aromatic heterocycles. The fourth-order valence-electron chi connectivity index (χ4n) is 2.22. The van der Waals surface area contributed by atoms with Gasteiger partial charge in [0.25, 0.3) is 0 Å². The smallest absolute Gasteiger partial charge is 0.183 e. The van der Waals surface area contributed by atoms with Crippen molar-refractivity contribution in [3.63, 3.8) is 0 Å². The van der Waals surface area contributed by atoms with E-state index < -0.39 is 0 Å². The third kappa shape index (κ3) is 3.97. The molecule has 0 aliphatic heterocycles. The fraction of sp³-hybridized carbons (Fsp3) is 0.471. The molecule has 1 N–H and O–H groups in total. The van der Waals surface area contributed by atoms with Gasteiger partial charge in [0.05, 0.1) is 5.69 Å². The van der Waals surface area contributed by atoms with Crippen LogP contribution in [0.25, 0.3) is 11.3 Å². The minimum absolute atomic E-state index is 0.467. The first kappa shape index (κ1) is 15.8. The van der Waals surface area contributed by atoms with Crippen molar-refractivity contribution in [2.75, 3.05) is 23.3 Å². The van der Waals surface area contributed by atoms with Gasteiger partial charge in [0.1, 0.15) is 0 Å². The Labute approximate surface area is 132 Å². The average Bonchev–Trinajstić information content (AvgIpc) is 2.97. The van der Waals surface area contributed by atoms with Gasteiger partial charge in [-0.3, -0.25) is 0 Å². The van der Waals surface area contributed by atoms with Crippen LogP contribution in [0.2, 0.25) is 0 Å². The number of nitrogens with one attached hydrogen (secondary N) is 1. The molecule has 4 heteroatoms. The lowest BCUT2D eigenvalue weighted by atomic mass is 10.1. The lowest BCUT2D eigenvalue weighted by Crippen LogP contribution is -2.21. The minimum atomic E-state index is 0.467. The van der Waals surface area contributed by atoms with Gasteiger partial charge in [-0.2, -0.15) is 0 Å². The molecule has 0 aliphatic rings. The molecular weight excluding hydrogens is 278 g/mol. The van der Waals surface area contributed by atoms with E-state index in [2.05, 4.69) is 72.5 Å². The molecule has 2 aromatic rings. The molecule has 0 saturated carbocycles. The van der Waals surface area contributed by atoms with Gasteiger partial charge in [-0.25, -0.2) is 4.98 Å². The van der Waals surface area contributed by atoms with E-state index in [0.29, 0.717) is 6.04 Å². The van der Waals surface area contributed by atoms with Crippen LogP contribution in [0.4, 0.5) is 10.8 Å². The molecule has 0 fully saturated rings. The van der Waals surface area contributed by atoms with Crippen LogP contribution in [0.15, 0.2) is 29.6 Å². The van der Waals surface area contributed by atoms with E-state index in [9.17, 15) is 0 Å². The number of anilines is 2. The second kappa shape index (κ2) is 7.46. The Morgan fingerprint density at radius 3 is 2.38 bits per heavy atom. The van der Waals surface area contributed by atoms with Crippen molar-refractivity contribution < 1.29 is 0 Å². The van der Waals surface area contributed by atoms with Crippen LogP contribution in [0.3, 0.4) is 0 Å². The summed E-state index contributed by atoms with van der Waals surface area (Å²) in [6.45, 7) is 10.8. The quantitative estimate of drug-likeness (QED) is 0.791. The molecule has 0 amide bonds. The van der Waals surface area contributed by atoms with Crippen molar-refractivity contribution in [3.05, 3.63) is 29.6 Å². The summed E-state index contributed by atoms with van der Waals surface area (Å²) in [5.74, 6) is 0. The fourth-order valence-corrected chi connectivity index (χ4v) is 3.05. The molecule has 1 heterocycles. The summed E-state index contributed by atoms with van der Waals surface area (Å²) in [6, 6.07) is 9.16. The number of hydrogen-bond acceptors (Lipinski definition) is 4. The van der Waals surface area contributed by atoms with E-state index >= 15 is 0 Å². The Bertz CT molecular complexity index is 543. The van der Waals surface area contributed by atoms with E-state index in [1.807, 2.05) is 0 Å². The number of benzene rings is 1. The first-order chi connectivity index (χ1) is 10.2. The summed E-state index contributed by atoms with van der Waals surface area (Å²) in [5, 5.41) is 6.56. The average molecular weight is 303 g/mol. The van der Waals surface area contributed by atoms with Crippen molar-refractivity contribution in [2.24, 2.45) is 0 Å². The predicted octanol–water partition coefficient (Wildman–Crippen LogP) is 4.87. The van der Waals surface area contributed by atoms with Crippen LogP contribution >= 0.6 is 11.3 Å². The Morgan fingerprint density at radius 2 is 1.81 bits per heavy atom. The lowest BCUT2D eigenvalue weighted by molar-refractivity contribution is 0.763.